The highest BCUT2D eigenvalue weighted by Crippen LogP contribution is 2.21. The molecule has 18 heavy (non-hydrogen) atoms. The maximum atomic E-state index is 12.5. The van der Waals surface area contributed by atoms with Crippen LogP contribution in [0.25, 0.3) is 0 Å². The number of hydrogen-bond donors (Lipinski definition) is 1. The number of piperidine rings is 1. The molecule has 6 heteroatoms. The van der Waals surface area contributed by atoms with E-state index in [2.05, 4.69) is 0 Å². The van der Waals surface area contributed by atoms with Gasteiger partial charge < -0.3 is 5.11 Å². The third-order valence-corrected chi connectivity index (χ3v) is 5.42. The van der Waals surface area contributed by atoms with Crippen molar-refractivity contribution in [2.75, 3.05) is 26.2 Å². The molecule has 0 aromatic carbocycles. The molecule has 1 fully saturated rings. The lowest BCUT2D eigenvalue weighted by Crippen LogP contribution is -2.51. The van der Waals surface area contributed by atoms with E-state index in [0.29, 0.717) is 32.6 Å². The Hall–Kier alpha value is -0.170. The number of rotatable bonds is 6. The molecule has 0 radical (unpaired) electrons. The van der Waals surface area contributed by atoms with E-state index in [9.17, 15) is 13.5 Å². The van der Waals surface area contributed by atoms with Gasteiger partial charge in [-0.1, -0.05) is 20.8 Å². The molecule has 1 rings (SSSR count). The number of aliphatic hydroxyl groups excluding tert-OH is 1. The van der Waals surface area contributed by atoms with Crippen molar-refractivity contribution in [3.8, 4) is 0 Å². The molecule has 1 aliphatic heterocycles. The van der Waals surface area contributed by atoms with Crippen LogP contribution >= 0.6 is 0 Å². The van der Waals surface area contributed by atoms with E-state index >= 15 is 0 Å². The van der Waals surface area contributed by atoms with Gasteiger partial charge in [0.25, 0.3) is 10.2 Å². The van der Waals surface area contributed by atoms with Gasteiger partial charge in [-0.25, -0.2) is 0 Å². The summed E-state index contributed by atoms with van der Waals surface area (Å²) in [4.78, 5) is 0. The van der Waals surface area contributed by atoms with Gasteiger partial charge in [-0.15, -0.1) is 0 Å². The van der Waals surface area contributed by atoms with E-state index in [1.54, 1.807) is 4.31 Å². The van der Waals surface area contributed by atoms with Gasteiger partial charge >= 0.3 is 0 Å². The highest BCUT2D eigenvalue weighted by molar-refractivity contribution is 7.86. The molecular formula is C12H26N2O3S. The van der Waals surface area contributed by atoms with Crippen molar-refractivity contribution in [2.45, 2.75) is 46.1 Å². The van der Waals surface area contributed by atoms with Crippen LogP contribution in [-0.2, 0) is 10.2 Å². The molecular weight excluding hydrogens is 252 g/mol. The molecule has 108 valence electrons. The average molecular weight is 278 g/mol. The molecule has 0 bridgehead atoms. The normalized spacial score (nSPS) is 26.7. The first-order valence-corrected chi connectivity index (χ1v) is 8.26. The second kappa shape index (κ2) is 6.84. The molecule has 2 unspecified atom stereocenters. The highest BCUT2D eigenvalue weighted by Gasteiger charge is 2.34. The fourth-order valence-corrected chi connectivity index (χ4v) is 4.22. The summed E-state index contributed by atoms with van der Waals surface area (Å²) in [5.41, 5.74) is 0. The summed E-state index contributed by atoms with van der Waals surface area (Å²) in [7, 11) is -3.35. The smallest absolute Gasteiger partial charge is 0.281 e. The van der Waals surface area contributed by atoms with Gasteiger partial charge in [0.2, 0.25) is 0 Å². The fourth-order valence-electron chi connectivity index (χ4n) is 2.31. The quantitative estimate of drug-likeness (QED) is 0.790. The minimum atomic E-state index is -3.35. The molecule has 0 spiro atoms. The summed E-state index contributed by atoms with van der Waals surface area (Å²) < 4.78 is 28.1. The van der Waals surface area contributed by atoms with E-state index in [4.69, 9.17) is 0 Å². The Morgan fingerprint density at radius 1 is 1.28 bits per heavy atom. The molecule has 0 saturated carbocycles. The molecule has 0 aromatic heterocycles. The molecule has 2 atom stereocenters. The lowest BCUT2D eigenvalue weighted by atomic mass is 9.99. The van der Waals surface area contributed by atoms with E-state index in [1.165, 1.54) is 4.31 Å². The zero-order valence-corrected chi connectivity index (χ0v) is 12.5. The van der Waals surface area contributed by atoms with E-state index in [0.717, 1.165) is 12.8 Å². The second-order valence-electron chi connectivity index (χ2n) is 5.10. The van der Waals surface area contributed by atoms with Crippen LogP contribution in [0.1, 0.15) is 40.0 Å². The molecule has 1 saturated heterocycles. The minimum Gasteiger partial charge on any atom is -0.393 e. The zero-order valence-electron chi connectivity index (χ0n) is 11.7. The minimum absolute atomic E-state index is 0.0126. The Labute approximate surface area is 111 Å². The predicted octanol–water partition coefficient (Wildman–Crippen LogP) is 1.06. The summed E-state index contributed by atoms with van der Waals surface area (Å²) in [6, 6.07) is 0. The predicted molar refractivity (Wildman–Crippen MR) is 72.4 cm³/mol. The lowest BCUT2D eigenvalue weighted by molar-refractivity contribution is 0.0608. The molecule has 0 aliphatic carbocycles. The highest BCUT2D eigenvalue weighted by atomic mass is 32.2. The molecule has 0 aromatic rings. The van der Waals surface area contributed by atoms with Crippen molar-refractivity contribution in [3.63, 3.8) is 0 Å². The van der Waals surface area contributed by atoms with E-state index < -0.39 is 10.2 Å². The Bertz CT molecular complexity index is 339. The first kappa shape index (κ1) is 15.9. The van der Waals surface area contributed by atoms with Crippen molar-refractivity contribution >= 4 is 10.2 Å². The van der Waals surface area contributed by atoms with Gasteiger partial charge in [0, 0.05) is 26.2 Å². The van der Waals surface area contributed by atoms with Crippen LogP contribution in [0.3, 0.4) is 0 Å². The maximum absolute atomic E-state index is 12.5. The maximum Gasteiger partial charge on any atom is 0.281 e. The Morgan fingerprint density at radius 2 is 1.83 bits per heavy atom. The lowest BCUT2D eigenvalue weighted by Gasteiger charge is -2.36. The second-order valence-corrected chi connectivity index (χ2v) is 7.03. The topological polar surface area (TPSA) is 60.9 Å². The Balaban J connectivity index is 2.77. The molecule has 1 aliphatic rings. The van der Waals surface area contributed by atoms with Gasteiger partial charge in [-0.2, -0.15) is 17.0 Å². The summed E-state index contributed by atoms with van der Waals surface area (Å²) >= 11 is 0. The van der Waals surface area contributed by atoms with Gasteiger partial charge in [0.1, 0.15) is 0 Å². The van der Waals surface area contributed by atoms with Crippen LogP contribution < -0.4 is 0 Å². The van der Waals surface area contributed by atoms with Crippen molar-refractivity contribution < 1.29 is 13.5 Å². The van der Waals surface area contributed by atoms with Crippen molar-refractivity contribution in [1.29, 1.82) is 0 Å². The van der Waals surface area contributed by atoms with Crippen molar-refractivity contribution in [1.82, 2.24) is 8.61 Å². The van der Waals surface area contributed by atoms with Crippen LogP contribution in [0.2, 0.25) is 0 Å². The van der Waals surface area contributed by atoms with Crippen LogP contribution in [-0.4, -0.2) is 54.4 Å². The van der Waals surface area contributed by atoms with Gasteiger partial charge in [0.15, 0.2) is 0 Å². The number of hydrogen-bond acceptors (Lipinski definition) is 3. The molecule has 5 nitrogen and oxygen atoms in total. The van der Waals surface area contributed by atoms with Crippen LogP contribution in [0.4, 0.5) is 0 Å². The van der Waals surface area contributed by atoms with Gasteiger partial charge in [0.05, 0.1) is 6.10 Å². The summed E-state index contributed by atoms with van der Waals surface area (Å²) in [5, 5.41) is 9.67. The van der Waals surface area contributed by atoms with Crippen LogP contribution in [0, 0.1) is 5.92 Å². The van der Waals surface area contributed by atoms with Crippen molar-refractivity contribution in [3.05, 3.63) is 0 Å². The number of aliphatic hydroxyl groups is 1. The Morgan fingerprint density at radius 3 is 2.28 bits per heavy atom. The van der Waals surface area contributed by atoms with Crippen molar-refractivity contribution in [2.24, 2.45) is 5.92 Å². The van der Waals surface area contributed by atoms with Crippen LogP contribution in [0.5, 0.6) is 0 Å². The molecule has 0 amide bonds. The number of nitrogens with zero attached hydrogens (tertiary/aromatic N) is 2. The average Bonchev–Trinajstić information content (AvgIpc) is 2.32. The Kier molecular flexibility index (Phi) is 6.04. The monoisotopic (exact) mass is 278 g/mol. The summed E-state index contributed by atoms with van der Waals surface area (Å²) in [6.45, 7) is 7.87. The largest absolute Gasteiger partial charge is 0.393 e. The van der Waals surface area contributed by atoms with E-state index in [-0.39, 0.29) is 12.0 Å². The summed E-state index contributed by atoms with van der Waals surface area (Å²) in [6.07, 6.45) is 1.81. The van der Waals surface area contributed by atoms with E-state index in [1.807, 2.05) is 20.8 Å². The van der Waals surface area contributed by atoms with Gasteiger partial charge in [-0.3, -0.25) is 0 Å². The molecule has 1 heterocycles. The standard InChI is InChI=1S/C12H26N2O3S/c1-4-7-13(8-5-2)18(16,17)14-9-6-12(15)11(3)10-14/h11-12,15H,4-10H2,1-3H3. The third-order valence-electron chi connectivity index (χ3n) is 3.42. The van der Waals surface area contributed by atoms with Crippen LogP contribution in [0.15, 0.2) is 0 Å². The first-order chi connectivity index (χ1) is 8.43. The first-order valence-electron chi connectivity index (χ1n) is 6.86. The van der Waals surface area contributed by atoms with Gasteiger partial charge in [-0.05, 0) is 25.2 Å². The third kappa shape index (κ3) is 3.66. The fraction of sp³-hybridized carbons (Fsp3) is 1.00. The molecule has 1 N–H and O–H groups in total. The SMILES string of the molecule is CCCN(CCC)S(=O)(=O)N1CCC(O)C(C)C1. The zero-order chi connectivity index (χ0) is 13.8. The summed E-state index contributed by atoms with van der Waals surface area (Å²) in [5.74, 6) is 0.0126.